The maximum atomic E-state index is 12.1. The minimum absolute atomic E-state index is 0.165. The first-order valence-electron chi connectivity index (χ1n) is 6.93. The van der Waals surface area contributed by atoms with E-state index in [1.165, 1.54) is 4.90 Å². The van der Waals surface area contributed by atoms with Crippen molar-refractivity contribution in [2.24, 2.45) is 0 Å². The van der Waals surface area contributed by atoms with Gasteiger partial charge in [-0.05, 0) is 31.0 Å². The molecule has 0 radical (unpaired) electrons. The van der Waals surface area contributed by atoms with Crippen LogP contribution >= 0.6 is 0 Å². The van der Waals surface area contributed by atoms with Crippen LogP contribution in [-0.4, -0.2) is 47.5 Å². The number of carbonyl (C=O) groups is 2. The highest BCUT2D eigenvalue weighted by atomic mass is 16.5. The summed E-state index contributed by atoms with van der Waals surface area (Å²) < 4.78 is 5.50. The zero-order valence-corrected chi connectivity index (χ0v) is 11.5. The van der Waals surface area contributed by atoms with Crippen LogP contribution < -0.4 is 4.74 Å². The van der Waals surface area contributed by atoms with Crippen LogP contribution in [0.4, 0.5) is 4.79 Å². The molecule has 1 saturated heterocycles. The minimum atomic E-state index is -0.211. The fourth-order valence-electron chi connectivity index (χ4n) is 2.36. The van der Waals surface area contributed by atoms with Crippen molar-refractivity contribution in [1.82, 2.24) is 9.80 Å². The molecule has 2 aliphatic rings. The van der Waals surface area contributed by atoms with Crippen LogP contribution in [0.5, 0.6) is 5.75 Å². The lowest BCUT2D eigenvalue weighted by Gasteiger charge is -2.16. The first-order chi connectivity index (χ1) is 10.2. The van der Waals surface area contributed by atoms with E-state index in [9.17, 15) is 9.59 Å². The smallest absolute Gasteiger partial charge is 0.327 e. The summed E-state index contributed by atoms with van der Waals surface area (Å²) in [6.45, 7) is 0.649. The van der Waals surface area contributed by atoms with E-state index in [0.29, 0.717) is 11.3 Å². The molecule has 21 heavy (non-hydrogen) atoms. The number of benzene rings is 1. The molecule has 1 aliphatic heterocycles. The minimum Gasteiger partial charge on any atom is -0.492 e. The van der Waals surface area contributed by atoms with Crippen molar-refractivity contribution in [3.63, 3.8) is 0 Å². The number of carbonyl (C=O) groups excluding carboxylic acids is 2. The Morgan fingerprint density at radius 1 is 1.33 bits per heavy atom. The van der Waals surface area contributed by atoms with Crippen LogP contribution in [0.1, 0.15) is 18.4 Å². The van der Waals surface area contributed by atoms with E-state index >= 15 is 0 Å². The summed E-state index contributed by atoms with van der Waals surface area (Å²) in [6, 6.07) is 8.86. The van der Waals surface area contributed by atoms with Gasteiger partial charge in [-0.1, -0.05) is 6.07 Å². The molecule has 6 heteroatoms. The second kappa shape index (κ2) is 5.44. The van der Waals surface area contributed by atoms with Crippen molar-refractivity contribution in [1.29, 1.82) is 5.26 Å². The molecule has 0 atom stereocenters. The topological polar surface area (TPSA) is 73.6 Å². The second-order valence-electron chi connectivity index (χ2n) is 5.18. The van der Waals surface area contributed by atoms with Gasteiger partial charge in [0.2, 0.25) is 5.91 Å². The lowest BCUT2D eigenvalue weighted by molar-refractivity contribution is -0.125. The number of nitrogens with zero attached hydrogens (tertiary/aromatic N) is 3. The Labute approximate surface area is 122 Å². The van der Waals surface area contributed by atoms with E-state index in [-0.39, 0.29) is 37.7 Å². The van der Waals surface area contributed by atoms with Gasteiger partial charge in [0.05, 0.1) is 18.2 Å². The monoisotopic (exact) mass is 285 g/mol. The summed E-state index contributed by atoms with van der Waals surface area (Å²) in [4.78, 5) is 26.8. The Hall–Kier alpha value is -2.55. The Kier molecular flexibility index (Phi) is 3.48. The number of hydrogen-bond donors (Lipinski definition) is 0. The van der Waals surface area contributed by atoms with E-state index < -0.39 is 0 Å². The van der Waals surface area contributed by atoms with Crippen LogP contribution in [0, 0.1) is 11.3 Å². The fourth-order valence-corrected chi connectivity index (χ4v) is 2.36. The maximum absolute atomic E-state index is 12.1. The average molecular weight is 285 g/mol. The third-order valence-corrected chi connectivity index (χ3v) is 3.62. The predicted molar refractivity (Wildman–Crippen MR) is 73.5 cm³/mol. The molecule has 2 fully saturated rings. The summed E-state index contributed by atoms with van der Waals surface area (Å²) in [7, 11) is 0. The maximum Gasteiger partial charge on any atom is 0.327 e. The standard InChI is InChI=1S/C15H15N3O3/c16-9-11-2-1-3-13(8-11)21-7-6-17-14(19)10-18(15(17)20)12-4-5-12/h1-3,8,12H,4-7,10H2. The van der Waals surface area contributed by atoms with Crippen molar-refractivity contribution in [2.45, 2.75) is 18.9 Å². The summed E-state index contributed by atoms with van der Waals surface area (Å²) in [6.07, 6.45) is 1.98. The zero-order chi connectivity index (χ0) is 14.8. The SMILES string of the molecule is N#Cc1cccc(OCCN2C(=O)CN(C3CC3)C2=O)c1. The van der Waals surface area contributed by atoms with E-state index in [1.54, 1.807) is 29.2 Å². The molecule has 1 aliphatic carbocycles. The van der Waals surface area contributed by atoms with Gasteiger partial charge in [-0.15, -0.1) is 0 Å². The van der Waals surface area contributed by atoms with Gasteiger partial charge in [0, 0.05) is 6.04 Å². The molecule has 1 heterocycles. The van der Waals surface area contributed by atoms with Crippen molar-refractivity contribution in [3.05, 3.63) is 29.8 Å². The van der Waals surface area contributed by atoms with Crippen LogP contribution in [0.3, 0.4) is 0 Å². The molecule has 108 valence electrons. The van der Waals surface area contributed by atoms with Gasteiger partial charge in [-0.2, -0.15) is 5.26 Å². The zero-order valence-electron chi connectivity index (χ0n) is 11.5. The van der Waals surface area contributed by atoms with Gasteiger partial charge in [-0.3, -0.25) is 9.69 Å². The summed E-state index contributed by atoms with van der Waals surface area (Å²) in [5.74, 6) is 0.397. The molecule has 0 bridgehead atoms. The number of ether oxygens (including phenoxy) is 1. The van der Waals surface area contributed by atoms with E-state index in [0.717, 1.165) is 12.8 Å². The normalized spacial score (nSPS) is 18.0. The molecular weight excluding hydrogens is 270 g/mol. The van der Waals surface area contributed by atoms with Crippen molar-refractivity contribution >= 4 is 11.9 Å². The largest absolute Gasteiger partial charge is 0.492 e. The summed E-state index contributed by atoms with van der Waals surface area (Å²) >= 11 is 0. The van der Waals surface area contributed by atoms with E-state index in [2.05, 4.69) is 0 Å². The number of amides is 3. The molecule has 0 aromatic heterocycles. The molecule has 0 unspecified atom stereocenters. The van der Waals surface area contributed by atoms with Crippen molar-refractivity contribution in [3.8, 4) is 11.8 Å². The molecule has 6 nitrogen and oxygen atoms in total. The quantitative estimate of drug-likeness (QED) is 0.766. The Balaban J connectivity index is 1.54. The Morgan fingerprint density at radius 2 is 2.14 bits per heavy atom. The van der Waals surface area contributed by atoms with Gasteiger partial charge in [0.25, 0.3) is 0 Å². The lowest BCUT2D eigenvalue weighted by atomic mass is 10.2. The molecule has 0 N–H and O–H groups in total. The molecule has 1 saturated carbocycles. The highest BCUT2D eigenvalue weighted by Crippen LogP contribution is 2.30. The number of urea groups is 1. The molecule has 1 aromatic carbocycles. The molecule has 3 amide bonds. The molecule has 0 spiro atoms. The van der Waals surface area contributed by atoms with Gasteiger partial charge in [-0.25, -0.2) is 4.79 Å². The van der Waals surface area contributed by atoms with Crippen LogP contribution in [-0.2, 0) is 4.79 Å². The van der Waals surface area contributed by atoms with Gasteiger partial charge in [0.15, 0.2) is 0 Å². The number of rotatable bonds is 5. The molecule has 3 rings (SSSR count). The van der Waals surface area contributed by atoms with Gasteiger partial charge < -0.3 is 9.64 Å². The third kappa shape index (κ3) is 2.82. The number of imide groups is 1. The van der Waals surface area contributed by atoms with Gasteiger partial charge in [0.1, 0.15) is 18.9 Å². The first-order valence-corrected chi connectivity index (χ1v) is 6.93. The third-order valence-electron chi connectivity index (χ3n) is 3.62. The molecule has 1 aromatic rings. The Bertz CT molecular complexity index is 619. The van der Waals surface area contributed by atoms with Gasteiger partial charge >= 0.3 is 6.03 Å². The number of nitriles is 1. The lowest BCUT2D eigenvalue weighted by Crippen LogP contribution is -2.36. The number of hydrogen-bond acceptors (Lipinski definition) is 4. The first kappa shape index (κ1) is 13.4. The van der Waals surface area contributed by atoms with Crippen LogP contribution in [0.25, 0.3) is 0 Å². The second-order valence-corrected chi connectivity index (χ2v) is 5.18. The summed E-state index contributed by atoms with van der Waals surface area (Å²) in [5, 5.41) is 8.81. The van der Waals surface area contributed by atoms with Crippen molar-refractivity contribution in [2.75, 3.05) is 19.7 Å². The average Bonchev–Trinajstić information content (AvgIpc) is 3.29. The van der Waals surface area contributed by atoms with Crippen LogP contribution in [0.2, 0.25) is 0 Å². The highest BCUT2D eigenvalue weighted by Gasteiger charge is 2.43. The summed E-state index contributed by atoms with van der Waals surface area (Å²) in [5.41, 5.74) is 0.515. The van der Waals surface area contributed by atoms with E-state index in [1.807, 2.05) is 6.07 Å². The predicted octanol–water partition coefficient (Wildman–Crippen LogP) is 1.36. The molecular formula is C15H15N3O3. The fraction of sp³-hybridized carbons (Fsp3) is 0.400. The van der Waals surface area contributed by atoms with Crippen molar-refractivity contribution < 1.29 is 14.3 Å². The van der Waals surface area contributed by atoms with Crippen LogP contribution in [0.15, 0.2) is 24.3 Å². The van der Waals surface area contributed by atoms with E-state index in [4.69, 9.17) is 10.00 Å². The highest BCUT2D eigenvalue weighted by molar-refractivity contribution is 6.02. The Morgan fingerprint density at radius 3 is 2.86 bits per heavy atom.